The molecule has 2 atom stereocenters. The monoisotopic (exact) mass is 354 g/mol. The lowest BCUT2D eigenvalue weighted by Gasteiger charge is -2.43. The molecular weight excluding hydrogens is 316 g/mol. The van der Waals surface area contributed by atoms with Crippen LogP contribution < -0.4 is 0 Å². The highest BCUT2D eigenvalue weighted by atomic mass is 16.6. The average molecular weight is 355 g/mol. The standard InChI is InChI=1S/C20H38N2O3/c1-3-4-5-6-7-8-9-10-11-12-13-14-20-21-15-16-22(20,25)19(17-23)18(2)24/h19,23H,3-17H2,1-2H3. The minimum absolute atomic E-state index is 0.244. The number of carbonyl (C=O) groups is 1. The van der Waals surface area contributed by atoms with Gasteiger partial charge in [0.25, 0.3) is 0 Å². The van der Waals surface area contributed by atoms with Crippen molar-refractivity contribution in [3.63, 3.8) is 0 Å². The van der Waals surface area contributed by atoms with E-state index in [1.54, 1.807) is 0 Å². The number of hydrogen-bond acceptors (Lipinski definition) is 4. The fraction of sp³-hybridized carbons (Fsp3) is 0.900. The van der Waals surface area contributed by atoms with Gasteiger partial charge in [-0.1, -0.05) is 71.1 Å². The second kappa shape index (κ2) is 12.6. The van der Waals surface area contributed by atoms with Crippen LogP contribution in [0.3, 0.4) is 0 Å². The van der Waals surface area contributed by atoms with Crippen LogP contribution in [0.15, 0.2) is 4.99 Å². The van der Waals surface area contributed by atoms with E-state index in [0.29, 0.717) is 18.8 Å². The Bertz CT molecular complexity index is 412. The van der Waals surface area contributed by atoms with Crippen molar-refractivity contribution < 1.29 is 14.5 Å². The van der Waals surface area contributed by atoms with Gasteiger partial charge in [0.2, 0.25) is 0 Å². The van der Waals surface area contributed by atoms with Gasteiger partial charge in [-0.3, -0.25) is 4.79 Å². The van der Waals surface area contributed by atoms with E-state index in [0.717, 1.165) is 12.8 Å². The third-order valence-corrected chi connectivity index (χ3v) is 5.31. The Morgan fingerprint density at radius 2 is 1.60 bits per heavy atom. The van der Waals surface area contributed by atoms with Crippen molar-refractivity contribution in [1.82, 2.24) is 0 Å². The molecule has 1 aliphatic heterocycles. The van der Waals surface area contributed by atoms with Crippen LogP contribution >= 0.6 is 0 Å². The van der Waals surface area contributed by atoms with Crippen LogP contribution in [0, 0.1) is 5.21 Å². The number of amidine groups is 1. The maximum Gasteiger partial charge on any atom is 0.199 e. The molecule has 0 radical (unpaired) electrons. The number of ketones is 1. The van der Waals surface area contributed by atoms with Gasteiger partial charge in [-0.25, -0.2) is 4.99 Å². The van der Waals surface area contributed by atoms with Crippen molar-refractivity contribution in [1.29, 1.82) is 0 Å². The third kappa shape index (κ3) is 7.55. The van der Waals surface area contributed by atoms with E-state index in [1.807, 2.05) is 0 Å². The van der Waals surface area contributed by atoms with Crippen molar-refractivity contribution in [3.05, 3.63) is 5.21 Å². The summed E-state index contributed by atoms with van der Waals surface area (Å²) in [5.41, 5.74) is 0. The molecule has 0 amide bonds. The molecule has 0 aromatic carbocycles. The van der Waals surface area contributed by atoms with Crippen LogP contribution in [0.2, 0.25) is 0 Å². The first-order valence-electron chi connectivity index (χ1n) is 10.3. The van der Waals surface area contributed by atoms with Gasteiger partial charge < -0.3 is 15.0 Å². The van der Waals surface area contributed by atoms with E-state index < -0.39 is 17.3 Å². The van der Waals surface area contributed by atoms with E-state index in [-0.39, 0.29) is 12.3 Å². The molecule has 5 nitrogen and oxygen atoms in total. The van der Waals surface area contributed by atoms with Gasteiger partial charge in [-0.05, 0) is 6.42 Å². The van der Waals surface area contributed by atoms with Gasteiger partial charge in [-0.15, -0.1) is 0 Å². The number of hydrogen-bond donors (Lipinski definition) is 1. The molecule has 5 heteroatoms. The van der Waals surface area contributed by atoms with Gasteiger partial charge in [0.05, 0.1) is 6.54 Å². The van der Waals surface area contributed by atoms with Crippen LogP contribution in [0.4, 0.5) is 0 Å². The summed E-state index contributed by atoms with van der Waals surface area (Å²) >= 11 is 0. The van der Waals surface area contributed by atoms with E-state index in [4.69, 9.17) is 0 Å². The Kier molecular flexibility index (Phi) is 11.2. The van der Waals surface area contributed by atoms with Crippen molar-refractivity contribution in [2.45, 2.75) is 96.9 Å². The number of Topliss-reactive ketones (excluding diaryl/α,β-unsaturated/α-hetero) is 1. The first kappa shape index (κ1) is 22.3. The highest BCUT2D eigenvalue weighted by Gasteiger charge is 2.39. The number of aliphatic imine (C=N–C) groups is 1. The number of aliphatic hydroxyl groups is 1. The summed E-state index contributed by atoms with van der Waals surface area (Å²) in [6.45, 7) is 4.00. The number of unbranched alkanes of at least 4 members (excludes halogenated alkanes) is 10. The summed E-state index contributed by atoms with van der Waals surface area (Å²) in [7, 11) is 0. The van der Waals surface area contributed by atoms with Crippen molar-refractivity contribution >= 4 is 11.6 Å². The van der Waals surface area contributed by atoms with Crippen molar-refractivity contribution in [2.24, 2.45) is 4.99 Å². The van der Waals surface area contributed by atoms with Gasteiger partial charge in [0.15, 0.2) is 17.7 Å². The molecule has 0 spiro atoms. The number of aliphatic hydroxyl groups excluding tert-OH is 1. The summed E-state index contributed by atoms with van der Waals surface area (Å²) in [4.78, 5) is 16.0. The van der Waals surface area contributed by atoms with Crippen LogP contribution in [0.1, 0.15) is 90.9 Å². The van der Waals surface area contributed by atoms with Crippen LogP contribution in [0.5, 0.6) is 0 Å². The first-order valence-corrected chi connectivity index (χ1v) is 10.3. The first-order chi connectivity index (χ1) is 12.1. The van der Waals surface area contributed by atoms with Gasteiger partial charge in [0.1, 0.15) is 13.2 Å². The van der Waals surface area contributed by atoms with Crippen molar-refractivity contribution in [3.8, 4) is 0 Å². The molecule has 2 unspecified atom stereocenters. The normalized spacial score (nSPS) is 21.4. The SMILES string of the molecule is CCCCCCCCCCCCCC1=NCC[N+]1([O-])C(CO)C(C)=O. The molecule has 0 bridgehead atoms. The van der Waals surface area contributed by atoms with Gasteiger partial charge >= 0.3 is 0 Å². The molecular formula is C20H38N2O3. The highest BCUT2D eigenvalue weighted by molar-refractivity contribution is 5.85. The predicted octanol–water partition coefficient (Wildman–Crippen LogP) is 4.36. The lowest BCUT2D eigenvalue weighted by atomic mass is 10.0. The lowest BCUT2D eigenvalue weighted by molar-refractivity contribution is -0.802. The largest absolute Gasteiger partial charge is 0.626 e. The zero-order chi connectivity index (χ0) is 18.5. The average Bonchev–Trinajstić information content (AvgIpc) is 2.94. The second-order valence-corrected chi connectivity index (χ2v) is 7.41. The molecule has 0 aromatic rings. The van der Waals surface area contributed by atoms with Gasteiger partial charge in [0, 0.05) is 13.3 Å². The fourth-order valence-electron chi connectivity index (χ4n) is 3.68. The smallest absolute Gasteiger partial charge is 0.199 e. The summed E-state index contributed by atoms with van der Waals surface area (Å²) in [5, 5.41) is 22.4. The molecule has 25 heavy (non-hydrogen) atoms. The minimum Gasteiger partial charge on any atom is -0.626 e. The molecule has 0 aromatic heterocycles. The molecule has 0 fully saturated rings. The third-order valence-electron chi connectivity index (χ3n) is 5.31. The summed E-state index contributed by atoms with van der Waals surface area (Å²) in [5.74, 6) is 0.316. The molecule has 0 saturated carbocycles. The maximum absolute atomic E-state index is 12.9. The van der Waals surface area contributed by atoms with Gasteiger partial charge in [-0.2, -0.15) is 0 Å². The number of rotatable bonds is 15. The van der Waals surface area contributed by atoms with Crippen molar-refractivity contribution in [2.75, 3.05) is 19.7 Å². The Balaban J connectivity index is 2.14. The molecule has 1 aliphatic rings. The quantitative estimate of drug-likeness (QED) is 0.270. The summed E-state index contributed by atoms with van der Waals surface area (Å²) < 4.78 is -0.719. The summed E-state index contributed by atoms with van der Waals surface area (Å²) in [6, 6.07) is -0.894. The molecule has 146 valence electrons. The van der Waals surface area contributed by atoms with Crippen LogP contribution in [-0.4, -0.2) is 47.1 Å². The Morgan fingerprint density at radius 1 is 1.08 bits per heavy atom. The van der Waals surface area contributed by atoms with Crippen LogP contribution in [0.25, 0.3) is 0 Å². The minimum atomic E-state index is -0.894. The fourth-order valence-corrected chi connectivity index (χ4v) is 3.68. The highest BCUT2D eigenvalue weighted by Crippen LogP contribution is 2.23. The number of quaternary nitrogens is 1. The summed E-state index contributed by atoms with van der Waals surface area (Å²) in [6.07, 6.45) is 14.6. The Hall–Kier alpha value is -0.780. The molecule has 1 heterocycles. The predicted molar refractivity (Wildman–Crippen MR) is 103 cm³/mol. The van der Waals surface area contributed by atoms with Crippen LogP contribution in [-0.2, 0) is 4.79 Å². The molecule has 1 rings (SSSR count). The Labute approximate surface area is 153 Å². The maximum atomic E-state index is 12.9. The zero-order valence-corrected chi connectivity index (χ0v) is 16.3. The number of nitrogens with zero attached hydrogens (tertiary/aromatic N) is 2. The molecule has 1 N–H and O–H groups in total. The number of carbonyl (C=O) groups excluding carboxylic acids is 1. The topological polar surface area (TPSA) is 72.7 Å². The Morgan fingerprint density at radius 3 is 2.08 bits per heavy atom. The van der Waals surface area contributed by atoms with E-state index >= 15 is 0 Å². The van der Waals surface area contributed by atoms with E-state index in [1.165, 1.54) is 64.7 Å². The van der Waals surface area contributed by atoms with E-state index in [9.17, 15) is 15.1 Å². The lowest BCUT2D eigenvalue weighted by Crippen LogP contribution is -2.57. The second-order valence-electron chi connectivity index (χ2n) is 7.41. The molecule has 0 saturated heterocycles. The van der Waals surface area contributed by atoms with E-state index in [2.05, 4.69) is 11.9 Å². The zero-order valence-electron chi connectivity index (χ0n) is 16.3. The number of hydroxylamine groups is 3. The molecule has 0 aliphatic carbocycles.